The minimum absolute atomic E-state index is 0.0337. The average Bonchev–Trinajstić information content (AvgIpc) is 3.60. The largest absolute Gasteiger partial charge is 0.335 e. The lowest BCUT2D eigenvalue weighted by Gasteiger charge is -2.17. The average molecular weight is 506 g/mol. The third-order valence-electron chi connectivity index (χ3n) is 6.20. The number of nitrogens with one attached hydrogen (secondary N) is 3. The van der Waals surface area contributed by atoms with Crippen molar-refractivity contribution >= 4 is 33.5 Å². The van der Waals surface area contributed by atoms with E-state index in [4.69, 9.17) is 4.98 Å². The molecule has 10 heteroatoms. The van der Waals surface area contributed by atoms with E-state index >= 15 is 0 Å². The number of carbonyl (C=O) groups excluding carboxylic acids is 1. The Balaban J connectivity index is 1.36. The van der Waals surface area contributed by atoms with Gasteiger partial charge < -0.3 is 14.9 Å². The molecule has 1 amide bonds. The highest BCUT2D eigenvalue weighted by Gasteiger charge is 2.18. The second kappa shape index (κ2) is 8.91. The van der Waals surface area contributed by atoms with Crippen molar-refractivity contribution in [3.05, 3.63) is 67.3 Å². The Bertz CT molecular complexity index is 1800. The third-order valence-corrected chi connectivity index (χ3v) is 6.20. The quantitative estimate of drug-likeness (QED) is 0.286. The predicted molar refractivity (Wildman–Crippen MR) is 147 cm³/mol. The van der Waals surface area contributed by atoms with Crippen LogP contribution in [0.5, 0.6) is 0 Å². The maximum atomic E-state index is 12.4. The molecular formula is C28H27N9O. The number of aryl methyl sites for hydroxylation is 1. The zero-order chi connectivity index (χ0) is 26.4. The normalized spacial score (nSPS) is 11.9. The molecule has 38 heavy (non-hydrogen) atoms. The summed E-state index contributed by atoms with van der Waals surface area (Å²) < 4.78 is 1.91. The zero-order valence-electron chi connectivity index (χ0n) is 21.6. The summed E-state index contributed by atoms with van der Waals surface area (Å²) in [5.74, 6) is 0.601. The summed E-state index contributed by atoms with van der Waals surface area (Å²) in [5, 5.41) is 11.5. The van der Waals surface area contributed by atoms with Gasteiger partial charge in [-0.2, -0.15) is 5.10 Å². The fraction of sp³-hybridized carbons (Fsp3) is 0.214. The highest BCUT2D eigenvalue weighted by Crippen LogP contribution is 2.32. The number of amides is 1. The maximum Gasteiger partial charge on any atom is 0.224 e. The van der Waals surface area contributed by atoms with Crippen LogP contribution in [0, 0.1) is 12.3 Å². The summed E-state index contributed by atoms with van der Waals surface area (Å²) in [4.78, 5) is 33.7. The number of H-pyrrole nitrogens is 2. The van der Waals surface area contributed by atoms with Crippen molar-refractivity contribution in [2.45, 2.75) is 34.1 Å². The van der Waals surface area contributed by atoms with Gasteiger partial charge in [0, 0.05) is 29.8 Å². The van der Waals surface area contributed by atoms with E-state index in [1.54, 1.807) is 31.1 Å². The molecule has 190 valence electrons. The third kappa shape index (κ3) is 4.52. The van der Waals surface area contributed by atoms with Crippen molar-refractivity contribution in [2.75, 3.05) is 5.32 Å². The number of hydrogen-bond acceptors (Lipinski definition) is 6. The molecule has 0 spiro atoms. The van der Waals surface area contributed by atoms with Gasteiger partial charge in [0.2, 0.25) is 5.91 Å². The Morgan fingerprint density at radius 3 is 2.66 bits per heavy atom. The molecule has 5 aromatic heterocycles. The fourth-order valence-electron chi connectivity index (χ4n) is 4.50. The first-order valence-corrected chi connectivity index (χ1v) is 12.3. The Morgan fingerprint density at radius 1 is 1.03 bits per heavy atom. The van der Waals surface area contributed by atoms with Gasteiger partial charge in [0.1, 0.15) is 11.2 Å². The van der Waals surface area contributed by atoms with Crippen LogP contribution in [0.3, 0.4) is 0 Å². The van der Waals surface area contributed by atoms with Crippen LogP contribution in [0.2, 0.25) is 0 Å². The standard InChI is InChI=1S/C28H27N9O/c1-16-14-37(15-31-16)23-13-30-12-22-26(23)34-27(33-22)25-20-8-17(5-6-21(20)35-36-25)18-7-19(11-29-10-18)32-24(38)9-28(2,3)4/h5-8,10-15H,9H2,1-4H3,(H,32,38)(H,33,34)(H,35,36). The molecule has 0 bridgehead atoms. The van der Waals surface area contributed by atoms with Crippen molar-refractivity contribution in [3.8, 4) is 28.3 Å². The molecule has 5 heterocycles. The van der Waals surface area contributed by atoms with Gasteiger partial charge in [0.05, 0.1) is 53.0 Å². The number of anilines is 1. The molecule has 0 fully saturated rings. The zero-order valence-corrected chi connectivity index (χ0v) is 21.6. The molecule has 0 aliphatic rings. The lowest BCUT2D eigenvalue weighted by Crippen LogP contribution is -2.19. The molecular weight excluding hydrogens is 478 g/mol. The van der Waals surface area contributed by atoms with Crippen LogP contribution in [0.4, 0.5) is 5.69 Å². The van der Waals surface area contributed by atoms with E-state index in [0.717, 1.165) is 44.4 Å². The second-order valence-corrected chi connectivity index (χ2v) is 10.6. The fourth-order valence-corrected chi connectivity index (χ4v) is 4.50. The van der Waals surface area contributed by atoms with Crippen molar-refractivity contribution in [2.24, 2.45) is 5.41 Å². The smallest absolute Gasteiger partial charge is 0.224 e. The van der Waals surface area contributed by atoms with Gasteiger partial charge in [0.25, 0.3) is 0 Å². The van der Waals surface area contributed by atoms with E-state index in [0.29, 0.717) is 23.6 Å². The topological polar surface area (TPSA) is 130 Å². The number of carbonyl (C=O) groups is 1. The van der Waals surface area contributed by atoms with Crippen LogP contribution in [0.1, 0.15) is 32.9 Å². The highest BCUT2D eigenvalue weighted by atomic mass is 16.1. The first-order chi connectivity index (χ1) is 18.2. The van der Waals surface area contributed by atoms with E-state index < -0.39 is 0 Å². The monoisotopic (exact) mass is 505 g/mol. The van der Waals surface area contributed by atoms with Gasteiger partial charge in [-0.05, 0) is 36.1 Å². The number of pyridine rings is 2. The molecule has 0 aliphatic carbocycles. The van der Waals surface area contributed by atoms with Crippen LogP contribution >= 0.6 is 0 Å². The summed E-state index contributed by atoms with van der Waals surface area (Å²) in [6.45, 7) is 8.06. The number of fused-ring (bicyclic) bond motifs is 2. The summed E-state index contributed by atoms with van der Waals surface area (Å²) in [5.41, 5.74) is 7.33. The van der Waals surface area contributed by atoms with Gasteiger partial charge in [0.15, 0.2) is 5.82 Å². The number of rotatable bonds is 5. The van der Waals surface area contributed by atoms with E-state index in [2.05, 4.69) is 41.5 Å². The molecule has 6 rings (SSSR count). The highest BCUT2D eigenvalue weighted by molar-refractivity contribution is 5.97. The number of imidazole rings is 2. The van der Waals surface area contributed by atoms with E-state index in [-0.39, 0.29) is 11.3 Å². The SMILES string of the molecule is Cc1cn(-c2cncc3[nH]c(-c4n[nH]c5ccc(-c6cncc(NC(=O)CC(C)(C)C)c6)cc45)nc23)cn1. The molecule has 0 unspecified atom stereocenters. The summed E-state index contributed by atoms with van der Waals surface area (Å²) >= 11 is 0. The van der Waals surface area contributed by atoms with Crippen molar-refractivity contribution in [3.63, 3.8) is 0 Å². The molecule has 10 nitrogen and oxygen atoms in total. The van der Waals surface area contributed by atoms with Gasteiger partial charge in [-0.15, -0.1) is 0 Å². The van der Waals surface area contributed by atoms with Crippen LogP contribution in [-0.4, -0.2) is 45.6 Å². The van der Waals surface area contributed by atoms with Gasteiger partial charge >= 0.3 is 0 Å². The summed E-state index contributed by atoms with van der Waals surface area (Å²) in [6.07, 6.45) is 11.1. The second-order valence-electron chi connectivity index (χ2n) is 10.6. The maximum absolute atomic E-state index is 12.4. The van der Waals surface area contributed by atoms with Gasteiger partial charge in [-0.3, -0.25) is 19.9 Å². The number of aromatic nitrogens is 8. The Morgan fingerprint density at radius 2 is 1.87 bits per heavy atom. The van der Waals surface area contributed by atoms with Gasteiger partial charge in [-0.1, -0.05) is 26.8 Å². The Labute approximate surface area is 218 Å². The number of hydrogen-bond donors (Lipinski definition) is 3. The van der Waals surface area contributed by atoms with Crippen molar-refractivity contribution in [1.82, 2.24) is 39.7 Å². The molecule has 6 aromatic rings. The van der Waals surface area contributed by atoms with E-state index in [1.807, 2.05) is 56.7 Å². The van der Waals surface area contributed by atoms with E-state index in [9.17, 15) is 4.79 Å². The summed E-state index contributed by atoms with van der Waals surface area (Å²) in [6, 6.07) is 7.97. The van der Waals surface area contributed by atoms with E-state index in [1.165, 1.54) is 0 Å². The minimum atomic E-state index is -0.0942. The first-order valence-electron chi connectivity index (χ1n) is 12.3. The first kappa shape index (κ1) is 23.5. The molecule has 0 aliphatic heterocycles. The minimum Gasteiger partial charge on any atom is -0.335 e. The number of benzene rings is 1. The van der Waals surface area contributed by atoms with Crippen molar-refractivity contribution < 1.29 is 4.79 Å². The van der Waals surface area contributed by atoms with Gasteiger partial charge in [-0.25, -0.2) is 9.97 Å². The number of nitrogens with zero attached hydrogens (tertiary/aromatic N) is 6. The van der Waals surface area contributed by atoms with Crippen LogP contribution in [0.15, 0.2) is 61.6 Å². The molecule has 3 N–H and O–H groups in total. The molecule has 1 aromatic carbocycles. The molecule has 0 radical (unpaired) electrons. The Kier molecular flexibility index (Phi) is 5.52. The van der Waals surface area contributed by atoms with Crippen LogP contribution in [0.25, 0.3) is 50.3 Å². The van der Waals surface area contributed by atoms with Crippen LogP contribution in [-0.2, 0) is 4.79 Å². The Hall–Kier alpha value is -4.86. The lowest BCUT2D eigenvalue weighted by atomic mass is 9.92. The predicted octanol–water partition coefficient (Wildman–Crippen LogP) is 5.43. The molecule has 0 saturated heterocycles. The molecule has 0 atom stereocenters. The van der Waals surface area contributed by atoms with Crippen LogP contribution < -0.4 is 5.32 Å². The molecule has 0 saturated carbocycles. The number of aromatic amines is 2. The summed E-state index contributed by atoms with van der Waals surface area (Å²) in [7, 11) is 0. The lowest BCUT2D eigenvalue weighted by molar-refractivity contribution is -0.117. The van der Waals surface area contributed by atoms with Crippen molar-refractivity contribution in [1.29, 1.82) is 0 Å².